The fourth-order valence-electron chi connectivity index (χ4n) is 5.09. The van der Waals surface area contributed by atoms with Gasteiger partial charge in [-0.2, -0.15) is 0 Å². The Bertz CT molecular complexity index is 1570. The minimum atomic E-state index is -1.92. The first-order valence-corrected chi connectivity index (χ1v) is 13.5. The van der Waals surface area contributed by atoms with Gasteiger partial charge in [-0.3, -0.25) is 4.79 Å². The Morgan fingerprint density at radius 2 is 1.42 bits per heavy atom. The molecule has 5 rings (SSSR count). The fraction of sp³-hybridized carbons (Fsp3) is 0.464. The Kier molecular flexibility index (Phi) is 9.38. The Morgan fingerprint density at radius 3 is 2.04 bits per heavy atom. The maximum absolute atomic E-state index is 13.2. The summed E-state index contributed by atoms with van der Waals surface area (Å²) in [6.45, 7) is -1.60. The molecular formula is C28H32O17. The van der Waals surface area contributed by atoms with Crippen molar-refractivity contribution in [2.75, 3.05) is 20.3 Å². The topological polar surface area (TPSA) is 279 Å². The normalized spacial score (nSPS) is 32.0. The molecule has 246 valence electrons. The monoisotopic (exact) mass is 640 g/mol. The Labute approximate surface area is 252 Å². The summed E-state index contributed by atoms with van der Waals surface area (Å²) in [4.78, 5) is 13.2. The number of aliphatic hydroxyl groups is 7. The second kappa shape index (κ2) is 12.9. The van der Waals surface area contributed by atoms with Gasteiger partial charge in [0.1, 0.15) is 59.5 Å². The van der Waals surface area contributed by atoms with Crippen molar-refractivity contribution in [1.29, 1.82) is 0 Å². The predicted molar refractivity (Wildman–Crippen MR) is 146 cm³/mol. The fourth-order valence-corrected chi connectivity index (χ4v) is 5.09. The Hall–Kier alpha value is -3.75. The summed E-state index contributed by atoms with van der Waals surface area (Å²) >= 11 is 0. The molecule has 2 saturated heterocycles. The number of ether oxygens (including phenoxy) is 5. The zero-order chi connectivity index (χ0) is 32.7. The van der Waals surface area contributed by atoms with Crippen LogP contribution in [-0.2, 0) is 14.2 Å². The molecule has 1 aromatic heterocycles. The molecule has 2 aromatic carbocycles. The lowest BCUT2D eigenvalue weighted by Gasteiger charge is -2.45. The van der Waals surface area contributed by atoms with Crippen LogP contribution >= 0.6 is 0 Å². The first-order chi connectivity index (χ1) is 21.4. The molecule has 2 aliphatic heterocycles. The molecule has 0 radical (unpaired) electrons. The van der Waals surface area contributed by atoms with E-state index in [1.165, 1.54) is 25.3 Å². The molecular weight excluding hydrogens is 608 g/mol. The van der Waals surface area contributed by atoms with Crippen LogP contribution in [0.25, 0.3) is 22.3 Å². The summed E-state index contributed by atoms with van der Waals surface area (Å²) in [5.41, 5.74) is -0.741. The zero-order valence-electron chi connectivity index (χ0n) is 23.4. The van der Waals surface area contributed by atoms with Crippen LogP contribution in [0.3, 0.4) is 0 Å². The van der Waals surface area contributed by atoms with Crippen molar-refractivity contribution in [2.45, 2.75) is 61.4 Å². The van der Waals surface area contributed by atoms with Gasteiger partial charge in [0.05, 0.1) is 20.3 Å². The van der Waals surface area contributed by atoms with E-state index in [1.54, 1.807) is 0 Å². The van der Waals surface area contributed by atoms with E-state index < -0.39 is 103 Å². The van der Waals surface area contributed by atoms with Gasteiger partial charge in [-0.1, -0.05) is 0 Å². The highest BCUT2D eigenvalue weighted by Gasteiger charge is 2.51. The standard InChI is InChI=1S/C28H32O17/c1-40-15-6-14-18(12(33)5-13(41-14)9-2-3-10(31)11(32)4-9)21(36)25(15)44-28-26(23(38)20(35)17(8-30)43-28)45-27-24(39)22(37)19(34)16(7-29)42-27/h2-6,16-17,19-20,22-24,26-32,34-39H,7-8H2,1H3. The van der Waals surface area contributed by atoms with Gasteiger partial charge in [-0.25, -0.2) is 0 Å². The molecule has 0 amide bonds. The third kappa shape index (κ3) is 5.98. The predicted octanol–water partition coefficient (Wildman–Crippen LogP) is -2.41. The molecule has 17 nitrogen and oxygen atoms in total. The van der Waals surface area contributed by atoms with E-state index in [-0.39, 0.29) is 28.0 Å². The van der Waals surface area contributed by atoms with Crippen molar-refractivity contribution >= 4 is 11.0 Å². The largest absolute Gasteiger partial charge is 0.504 e. The van der Waals surface area contributed by atoms with Crippen molar-refractivity contribution in [3.63, 3.8) is 0 Å². The average molecular weight is 641 g/mol. The molecule has 45 heavy (non-hydrogen) atoms. The van der Waals surface area contributed by atoms with Gasteiger partial charge >= 0.3 is 0 Å². The van der Waals surface area contributed by atoms with Crippen molar-refractivity contribution in [3.8, 4) is 40.1 Å². The summed E-state index contributed by atoms with van der Waals surface area (Å²) in [5.74, 6) is -2.48. The van der Waals surface area contributed by atoms with E-state index in [0.29, 0.717) is 0 Å². The third-order valence-electron chi connectivity index (χ3n) is 7.59. The van der Waals surface area contributed by atoms with Gasteiger partial charge in [-0.05, 0) is 18.2 Å². The summed E-state index contributed by atoms with van der Waals surface area (Å²) in [7, 11) is 1.19. The number of aromatic hydroxyl groups is 3. The Balaban J connectivity index is 1.53. The average Bonchev–Trinajstić information content (AvgIpc) is 3.02. The summed E-state index contributed by atoms with van der Waals surface area (Å²) < 4.78 is 33.5. The maximum Gasteiger partial charge on any atom is 0.230 e. The smallest absolute Gasteiger partial charge is 0.230 e. The highest BCUT2D eigenvalue weighted by atomic mass is 16.8. The molecule has 10 atom stereocenters. The maximum atomic E-state index is 13.2. The number of methoxy groups -OCH3 is 1. The van der Waals surface area contributed by atoms with Gasteiger partial charge in [0, 0.05) is 17.7 Å². The first-order valence-electron chi connectivity index (χ1n) is 13.5. The molecule has 10 unspecified atom stereocenters. The van der Waals surface area contributed by atoms with Crippen LogP contribution in [0.2, 0.25) is 0 Å². The number of phenols is 3. The van der Waals surface area contributed by atoms with Gasteiger partial charge in [0.15, 0.2) is 40.8 Å². The van der Waals surface area contributed by atoms with E-state index >= 15 is 0 Å². The van der Waals surface area contributed by atoms with Crippen LogP contribution < -0.4 is 14.9 Å². The third-order valence-corrected chi connectivity index (χ3v) is 7.59. The lowest BCUT2D eigenvalue weighted by Crippen LogP contribution is -2.65. The van der Waals surface area contributed by atoms with Crippen molar-refractivity contribution in [1.82, 2.24) is 0 Å². The quantitative estimate of drug-likeness (QED) is 0.115. The van der Waals surface area contributed by atoms with Gasteiger partial charge in [0.25, 0.3) is 0 Å². The van der Waals surface area contributed by atoms with E-state index in [2.05, 4.69) is 0 Å². The minimum Gasteiger partial charge on any atom is -0.504 e. The molecule has 0 bridgehead atoms. The zero-order valence-corrected chi connectivity index (χ0v) is 23.4. The summed E-state index contributed by atoms with van der Waals surface area (Å²) in [5, 5.41) is 102. The van der Waals surface area contributed by atoms with Gasteiger partial charge in [0.2, 0.25) is 12.0 Å². The number of rotatable bonds is 8. The summed E-state index contributed by atoms with van der Waals surface area (Å²) in [6, 6.07) is 5.90. The molecule has 0 aliphatic carbocycles. The number of hydrogen-bond acceptors (Lipinski definition) is 17. The van der Waals surface area contributed by atoms with Crippen molar-refractivity contribution in [2.24, 2.45) is 0 Å². The van der Waals surface area contributed by atoms with Crippen LogP contribution in [0, 0.1) is 0 Å². The molecule has 3 aromatic rings. The van der Waals surface area contributed by atoms with Gasteiger partial charge in [-0.15, -0.1) is 0 Å². The van der Waals surface area contributed by atoms with E-state index in [0.717, 1.165) is 12.1 Å². The van der Waals surface area contributed by atoms with Crippen molar-refractivity contribution in [3.05, 3.63) is 40.6 Å². The highest BCUT2D eigenvalue weighted by molar-refractivity contribution is 5.89. The van der Waals surface area contributed by atoms with Crippen LogP contribution in [0.15, 0.2) is 39.5 Å². The summed E-state index contributed by atoms with van der Waals surface area (Å²) in [6.07, 6.45) is -17.4. The Morgan fingerprint density at radius 1 is 0.778 bits per heavy atom. The number of hydrogen-bond donors (Lipinski definition) is 10. The van der Waals surface area contributed by atoms with Crippen LogP contribution in [0.4, 0.5) is 0 Å². The SMILES string of the molecule is COc1cc2oc(-c3ccc(O)c(O)c3)cc(=O)c2c(O)c1OC1OC(CO)C(O)C(O)C1OC1OC(CO)C(O)C(O)C1O. The van der Waals surface area contributed by atoms with Crippen LogP contribution in [0.1, 0.15) is 0 Å². The van der Waals surface area contributed by atoms with E-state index in [1.807, 2.05) is 0 Å². The van der Waals surface area contributed by atoms with Gasteiger partial charge < -0.3 is 79.2 Å². The molecule has 3 heterocycles. The number of phenolic OH excluding ortho intramolecular Hbond substituents is 3. The molecule has 17 heteroatoms. The lowest BCUT2D eigenvalue weighted by molar-refractivity contribution is -0.358. The highest BCUT2D eigenvalue weighted by Crippen LogP contribution is 2.44. The van der Waals surface area contributed by atoms with E-state index in [9.17, 15) is 55.9 Å². The minimum absolute atomic E-state index is 0.0376. The lowest BCUT2D eigenvalue weighted by atomic mass is 9.97. The van der Waals surface area contributed by atoms with Crippen LogP contribution in [-0.4, -0.2) is 133 Å². The number of aliphatic hydroxyl groups excluding tert-OH is 7. The second-order valence-electron chi connectivity index (χ2n) is 10.4. The molecule has 10 N–H and O–H groups in total. The molecule has 0 spiro atoms. The number of fused-ring (bicyclic) bond motifs is 1. The molecule has 2 fully saturated rings. The van der Waals surface area contributed by atoms with E-state index in [4.69, 9.17) is 28.1 Å². The van der Waals surface area contributed by atoms with Crippen molar-refractivity contribution < 1.29 is 79.2 Å². The van der Waals surface area contributed by atoms with Crippen LogP contribution in [0.5, 0.6) is 28.7 Å². The number of benzene rings is 2. The molecule has 0 saturated carbocycles. The second-order valence-corrected chi connectivity index (χ2v) is 10.4. The molecule has 2 aliphatic rings. The first kappa shape index (κ1) is 32.6.